The molecular weight excluding hydrogens is 222 g/mol. The molecule has 1 atom stereocenters. The molecule has 2 aliphatic rings. The van der Waals surface area contributed by atoms with Crippen LogP contribution < -0.4 is 0 Å². The second-order valence-electron chi connectivity index (χ2n) is 5.36. The number of carboxylic acids is 1. The fraction of sp³-hybridized carbons (Fsp3) is 0.917. The summed E-state index contributed by atoms with van der Waals surface area (Å²) in [6.07, 6.45) is 1.60. The monoisotopic (exact) mass is 243 g/mol. The van der Waals surface area contributed by atoms with Crippen molar-refractivity contribution in [1.29, 1.82) is 0 Å². The van der Waals surface area contributed by atoms with Crippen molar-refractivity contribution in [2.75, 3.05) is 26.2 Å². The minimum absolute atomic E-state index is 0.117. The zero-order valence-corrected chi connectivity index (χ0v) is 10.5. The van der Waals surface area contributed by atoms with Crippen molar-refractivity contribution in [1.82, 2.24) is 4.90 Å². The van der Waals surface area contributed by atoms with E-state index in [9.17, 15) is 4.79 Å². The van der Waals surface area contributed by atoms with Gasteiger partial charge in [0.2, 0.25) is 0 Å². The van der Waals surface area contributed by atoms with Crippen LogP contribution in [0.2, 0.25) is 0 Å². The molecule has 0 aromatic heterocycles. The minimum atomic E-state index is -0.661. The minimum Gasteiger partial charge on any atom is -0.481 e. The second-order valence-corrected chi connectivity index (χ2v) is 5.36. The molecule has 2 fully saturated rings. The van der Waals surface area contributed by atoms with Gasteiger partial charge in [0.15, 0.2) is 5.79 Å². The van der Waals surface area contributed by atoms with E-state index in [0.29, 0.717) is 6.61 Å². The summed E-state index contributed by atoms with van der Waals surface area (Å²) in [4.78, 5) is 13.1. The molecule has 5 heteroatoms. The quantitative estimate of drug-likeness (QED) is 0.799. The van der Waals surface area contributed by atoms with Gasteiger partial charge in [0, 0.05) is 6.54 Å². The summed E-state index contributed by atoms with van der Waals surface area (Å²) in [5.41, 5.74) is 0. The van der Waals surface area contributed by atoms with Gasteiger partial charge < -0.3 is 19.5 Å². The second kappa shape index (κ2) is 4.92. The van der Waals surface area contributed by atoms with Gasteiger partial charge in [0.05, 0.1) is 18.6 Å². The number of rotatable bonds is 3. The van der Waals surface area contributed by atoms with Crippen molar-refractivity contribution in [2.45, 2.75) is 38.6 Å². The SMILES string of the molecule is CC1(C)OCC(CN2CCC(C(=O)O)CC2)O1. The van der Waals surface area contributed by atoms with Crippen LogP contribution in [0.25, 0.3) is 0 Å². The lowest BCUT2D eigenvalue weighted by molar-refractivity contribution is -0.144. The van der Waals surface area contributed by atoms with Crippen LogP contribution in [0.3, 0.4) is 0 Å². The molecule has 0 radical (unpaired) electrons. The Balaban J connectivity index is 1.74. The number of carbonyl (C=O) groups is 1. The molecule has 0 amide bonds. The van der Waals surface area contributed by atoms with Crippen LogP contribution in [0.15, 0.2) is 0 Å². The maximum Gasteiger partial charge on any atom is 0.306 e. The average molecular weight is 243 g/mol. The first-order chi connectivity index (χ1) is 7.96. The molecule has 17 heavy (non-hydrogen) atoms. The molecule has 2 saturated heterocycles. The first-order valence-corrected chi connectivity index (χ1v) is 6.23. The Bertz CT molecular complexity index is 284. The fourth-order valence-electron chi connectivity index (χ4n) is 2.50. The van der Waals surface area contributed by atoms with Crippen molar-refractivity contribution in [2.24, 2.45) is 5.92 Å². The third-order valence-corrected chi connectivity index (χ3v) is 3.47. The van der Waals surface area contributed by atoms with Gasteiger partial charge in [0.1, 0.15) is 0 Å². The highest BCUT2D eigenvalue weighted by Crippen LogP contribution is 2.24. The van der Waals surface area contributed by atoms with Gasteiger partial charge in [-0.05, 0) is 39.8 Å². The highest BCUT2D eigenvalue weighted by atomic mass is 16.7. The van der Waals surface area contributed by atoms with E-state index in [1.807, 2.05) is 13.8 Å². The topological polar surface area (TPSA) is 59.0 Å². The summed E-state index contributed by atoms with van der Waals surface area (Å²) in [6, 6.07) is 0. The molecule has 98 valence electrons. The standard InChI is InChI=1S/C12H21NO4/c1-12(2)16-8-10(17-12)7-13-5-3-9(4-6-13)11(14)15/h9-10H,3-8H2,1-2H3,(H,14,15). The Kier molecular flexibility index (Phi) is 3.70. The molecule has 5 nitrogen and oxygen atoms in total. The number of aliphatic carboxylic acids is 1. The Morgan fingerprint density at radius 2 is 2.06 bits per heavy atom. The number of nitrogens with zero attached hydrogens (tertiary/aromatic N) is 1. The average Bonchev–Trinajstić information content (AvgIpc) is 2.59. The molecule has 2 rings (SSSR count). The van der Waals surface area contributed by atoms with Gasteiger partial charge in [0.25, 0.3) is 0 Å². The third-order valence-electron chi connectivity index (χ3n) is 3.47. The van der Waals surface area contributed by atoms with E-state index >= 15 is 0 Å². The van der Waals surface area contributed by atoms with Crippen LogP contribution in [-0.4, -0.2) is 54.1 Å². The molecule has 0 bridgehead atoms. The summed E-state index contributed by atoms with van der Waals surface area (Å²) in [5, 5.41) is 8.91. The Hall–Kier alpha value is -0.650. The Labute approximate surface area is 102 Å². The van der Waals surface area contributed by atoms with Crippen LogP contribution in [-0.2, 0) is 14.3 Å². The molecular formula is C12H21NO4. The van der Waals surface area contributed by atoms with Crippen LogP contribution in [0, 0.1) is 5.92 Å². The van der Waals surface area contributed by atoms with Crippen molar-refractivity contribution in [3.63, 3.8) is 0 Å². The summed E-state index contributed by atoms with van der Waals surface area (Å²) in [5.74, 6) is -1.29. The molecule has 0 aliphatic carbocycles. The van der Waals surface area contributed by atoms with Crippen molar-refractivity contribution >= 4 is 5.97 Å². The van der Waals surface area contributed by atoms with E-state index in [2.05, 4.69) is 4.90 Å². The Morgan fingerprint density at radius 1 is 1.41 bits per heavy atom. The maximum atomic E-state index is 10.8. The lowest BCUT2D eigenvalue weighted by atomic mass is 9.97. The number of hydrogen-bond acceptors (Lipinski definition) is 4. The predicted molar refractivity (Wildman–Crippen MR) is 61.7 cm³/mol. The van der Waals surface area contributed by atoms with Crippen molar-refractivity contribution < 1.29 is 19.4 Å². The summed E-state index contributed by atoms with van der Waals surface area (Å²) in [6.45, 7) is 7.00. The number of likely N-dealkylation sites (tertiary alicyclic amines) is 1. The molecule has 1 unspecified atom stereocenters. The lowest BCUT2D eigenvalue weighted by Crippen LogP contribution is -2.41. The van der Waals surface area contributed by atoms with Crippen LogP contribution >= 0.6 is 0 Å². The predicted octanol–water partition coefficient (Wildman–Crippen LogP) is 0.934. The van der Waals surface area contributed by atoms with Crippen LogP contribution in [0.1, 0.15) is 26.7 Å². The van der Waals surface area contributed by atoms with E-state index in [1.54, 1.807) is 0 Å². The highest BCUT2D eigenvalue weighted by Gasteiger charge is 2.34. The normalized spacial score (nSPS) is 30.6. The third kappa shape index (κ3) is 3.40. The first kappa shape index (κ1) is 12.8. The van der Waals surface area contributed by atoms with E-state index in [4.69, 9.17) is 14.6 Å². The first-order valence-electron chi connectivity index (χ1n) is 6.23. The Morgan fingerprint density at radius 3 is 2.53 bits per heavy atom. The van der Waals surface area contributed by atoms with Crippen molar-refractivity contribution in [3.8, 4) is 0 Å². The lowest BCUT2D eigenvalue weighted by Gasteiger charge is -2.31. The summed E-state index contributed by atoms with van der Waals surface area (Å²) >= 11 is 0. The number of carboxylic acid groups (broad SMARTS) is 1. The van der Waals surface area contributed by atoms with E-state index < -0.39 is 11.8 Å². The molecule has 1 N–H and O–H groups in total. The zero-order valence-electron chi connectivity index (χ0n) is 10.5. The summed E-state index contributed by atoms with van der Waals surface area (Å²) < 4.78 is 11.3. The van der Waals surface area contributed by atoms with E-state index in [0.717, 1.165) is 32.5 Å². The molecule has 2 aliphatic heterocycles. The number of ether oxygens (including phenoxy) is 2. The largest absolute Gasteiger partial charge is 0.481 e. The summed E-state index contributed by atoms with van der Waals surface area (Å²) in [7, 11) is 0. The van der Waals surface area contributed by atoms with Crippen LogP contribution in [0.4, 0.5) is 0 Å². The van der Waals surface area contributed by atoms with E-state index in [-0.39, 0.29) is 12.0 Å². The zero-order chi connectivity index (χ0) is 12.5. The molecule has 0 aromatic carbocycles. The number of hydrogen-bond donors (Lipinski definition) is 1. The van der Waals surface area contributed by atoms with Crippen LogP contribution in [0.5, 0.6) is 0 Å². The van der Waals surface area contributed by atoms with Gasteiger partial charge in [-0.25, -0.2) is 0 Å². The van der Waals surface area contributed by atoms with E-state index in [1.165, 1.54) is 0 Å². The van der Waals surface area contributed by atoms with Gasteiger partial charge in [-0.15, -0.1) is 0 Å². The maximum absolute atomic E-state index is 10.8. The van der Waals surface area contributed by atoms with Gasteiger partial charge in [-0.1, -0.05) is 0 Å². The molecule has 0 aromatic rings. The molecule has 0 spiro atoms. The molecule has 0 saturated carbocycles. The van der Waals surface area contributed by atoms with Crippen molar-refractivity contribution in [3.05, 3.63) is 0 Å². The van der Waals surface area contributed by atoms with Gasteiger partial charge >= 0.3 is 5.97 Å². The number of piperidine rings is 1. The fourth-order valence-corrected chi connectivity index (χ4v) is 2.50. The van der Waals surface area contributed by atoms with Gasteiger partial charge in [-0.3, -0.25) is 4.79 Å². The smallest absolute Gasteiger partial charge is 0.306 e. The van der Waals surface area contributed by atoms with Gasteiger partial charge in [-0.2, -0.15) is 0 Å². The molecule has 2 heterocycles. The highest BCUT2D eigenvalue weighted by molar-refractivity contribution is 5.70.